The van der Waals surface area contributed by atoms with Gasteiger partial charge in [-0.1, -0.05) is 37.5 Å². The van der Waals surface area contributed by atoms with Crippen molar-refractivity contribution in [1.82, 2.24) is 10.6 Å². The molecule has 2 unspecified atom stereocenters. The molecule has 0 aromatic heterocycles. The molecule has 3 heteroatoms. The minimum absolute atomic E-state index is 0.382. The zero-order chi connectivity index (χ0) is 17.3. The summed E-state index contributed by atoms with van der Waals surface area (Å²) in [6.45, 7) is 1.22. The summed E-state index contributed by atoms with van der Waals surface area (Å²) in [5.41, 5.74) is 5.59. The second-order valence-electron chi connectivity index (χ2n) is 8.23. The van der Waals surface area contributed by atoms with Crippen LogP contribution in [0.15, 0.2) is 24.4 Å². The average Bonchev–Trinajstić information content (AvgIpc) is 3.25. The number of allylic oxidation sites excluding steroid dienone is 1. The van der Waals surface area contributed by atoms with Gasteiger partial charge in [0.1, 0.15) is 0 Å². The molecule has 3 aliphatic carbocycles. The molecule has 1 aromatic carbocycles. The van der Waals surface area contributed by atoms with Crippen LogP contribution in [-0.4, -0.2) is 25.8 Å². The summed E-state index contributed by atoms with van der Waals surface area (Å²) in [5.74, 6) is 0.904. The van der Waals surface area contributed by atoms with E-state index in [0.29, 0.717) is 11.5 Å². The molecule has 25 heavy (non-hydrogen) atoms. The number of fused-ring (bicyclic) bond motifs is 2. The van der Waals surface area contributed by atoms with Crippen LogP contribution in [0.2, 0.25) is 0 Å². The highest BCUT2D eigenvalue weighted by Gasteiger charge is 2.57. The van der Waals surface area contributed by atoms with Crippen molar-refractivity contribution < 1.29 is 0 Å². The lowest BCUT2D eigenvalue weighted by Gasteiger charge is -2.23. The molecule has 0 aliphatic heterocycles. The van der Waals surface area contributed by atoms with Gasteiger partial charge in [-0.2, -0.15) is 0 Å². The van der Waals surface area contributed by atoms with Gasteiger partial charge in [-0.15, -0.1) is 0 Å². The van der Waals surface area contributed by atoms with Crippen LogP contribution in [0.1, 0.15) is 61.6 Å². The molecule has 1 aromatic rings. The van der Waals surface area contributed by atoms with Gasteiger partial charge in [0.15, 0.2) is 0 Å². The molecule has 0 saturated heterocycles. The monoisotopic (exact) mass is 337 g/mol. The van der Waals surface area contributed by atoms with Crippen LogP contribution in [0.4, 0.5) is 0 Å². The molecule has 2 atom stereocenters. The lowest BCUT2D eigenvalue weighted by atomic mass is 9.89. The molecule has 0 radical (unpaired) electrons. The van der Waals surface area contributed by atoms with Crippen molar-refractivity contribution in [2.75, 3.05) is 13.6 Å². The number of nitrogens with one attached hydrogen (secondary N) is 3. The maximum atomic E-state index is 7.69. The Labute approximate surface area is 151 Å². The Kier molecular flexibility index (Phi) is 4.68. The Morgan fingerprint density at radius 1 is 1.28 bits per heavy atom. The summed E-state index contributed by atoms with van der Waals surface area (Å²) in [5, 5.41) is 14.7. The first-order chi connectivity index (χ1) is 12.3. The average molecular weight is 338 g/mol. The molecule has 4 rings (SSSR count). The lowest BCUT2D eigenvalue weighted by Crippen LogP contribution is -2.30. The van der Waals surface area contributed by atoms with Gasteiger partial charge in [0, 0.05) is 36.5 Å². The topological polar surface area (TPSA) is 47.9 Å². The van der Waals surface area contributed by atoms with Crippen LogP contribution >= 0.6 is 0 Å². The van der Waals surface area contributed by atoms with Crippen LogP contribution in [0.25, 0.3) is 5.57 Å². The standard InChI is InChI=1S/C22H31N3/c1-24-15-19(13-23)18-8-7-17-9-10-22(20(17)11-18)12-21(22)25-14-16-5-3-2-4-6-16/h7-8,11,13,15-16,21,23-25H,2-6,9-10,12,14H2,1H3/b19-15+,23-13?. The Hall–Kier alpha value is -1.61. The summed E-state index contributed by atoms with van der Waals surface area (Å²) in [7, 11) is 1.89. The molecule has 0 bridgehead atoms. The normalized spacial score (nSPS) is 28.8. The van der Waals surface area contributed by atoms with Gasteiger partial charge in [0.25, 0.3) is 0 Å². The molecule has 0 heterocycles. The van der Waals surface area contributed by atoms with Crippen molar-refractivity contribution in [3.63, 3.8) is 0 Å². The second-order valence-corrected chi connectivity index (χ2v) is 8.23. The summed E-state index contributed by atoms with van der Waals surface area (Å²) < 4.78 is 0. The molecule has 2 saturated carbocycles. The van der Waals surface area contributed by atoms with Gasteiger partial charge in [0.2, 0.25) is 0 Å². The third-order valence-electron chi connectivity index (χ3n) is 6.73. The third-order valence-corrected chi connectivity index (χ3v) is 6.73. The number of benzene rings is 1. The van der Waals surface area contributed by atoms with Gasteiger partial charge < -0.3 is 16.0 Å². The highest BCUT2D eigenvalue weighted by Crippen LogP contribution is 2.57. The molecular formula is C22H31N3. The molecule has 0 amide bonds. The summed E-state index contributed by atoms with van der Waals surface area (Å²) in [4.78, 5) is 0. The maximum Gasteiger partial charge on any atom is 0.0270 e. The summed E-state index contributed by atoms with van der Waals surface area (Å²) >= 11 is 0. The lowest BCUT2D eigenvalue weighted by molar-refractivity contribution is 0.337. The fraction of sp³-hybridized carbons (Fsp3) is 0.591. The minimum Gasteiger partial charge on any atom is -0.393 e. The SMILES string of the molecule is CN/C=C(\C=N)c1ccc2c(c1)C1(CC2)CC1NCC1CCCCC1. The van der Waals surface area contributed by atoms with Gasteiger partial charge in [-0.3, -0.25) is 0 Å². The first-order valence-corrected chi connectivity index (χ1v) is 10.0. The van der Waals surface area contributed by atoms with E-state index in [0.717, 1.165) is 11.5 Å². The molecule has 3 nitrogen and oxygen atoms in total. The molecular weight excluding hydrogens is 306 g/mol. The van der Waals surface area contributed by atoms with Gasteiger partial charge in [-0.05, 0) is 61.3 Å². The number of hydrogen-bond acceptors (Lipinski definition) is 3. The van der Waals surface area contributed by atoms with Crippen LogP contribution in [0.3, 0.4) is 0 Å². The Morgan fingerprint density at radius 3 is 2.88 bits per heavy atom. The zero-order valence-electron chi connectivity index (χ0n) is 15.4. The van der Waals surface area contributed by atoms with Crippen molar-refractivity contribution in [3.05, 3.63) is 41.1 Å². The number of aryl methyl sites for hydroxylation is 1. The van der Waals surface area contributed by atoms with Crippen molar-refractivity contribution in [1.29, 1.82) is 5.41 Å². The molecule has 3 N–H and O–H groups in total. The van der Waals surface area contributed by atoms with E-state index in [-0.39, 0.29) is 0 Å². The smallest absolute Gasteiger partial charge is 0.0270 e. The van der Waals surface area contributed by atoms with E-state index < -0.39 is 0 Å². The van der Waals surface area contributed by atoms with Crippen molar-refractivity contribution >= 4 is 11.8 Å². The minimum atomic E-state index is 0.382. The predicted molar refractivity (Wildman–Crippen MR) is 105 cm³/mol. The van der Waals surface area contributed by atoms with E-state index in [1.807, 2.05) is 13.2 Å². The van der Waals surface area contributed by atoms with E-state index in [1.165, 1.54) is 75.3 Å². The Balaban J connectivity index is 1.48. The molecule has 2 fully saturated rings. The van der Waals surface area contributed by atoms with Crippen LogP contribution in [0.5, 0.6) is 0 Å². The largest absolute Gasteiger partial charge is 0.393 e. The Morgan fingerprint density at radius 2 is 2.12 bits per heavy atom. The maximum absolute atomic E-state index is 7.69. The fourth-order valence-corrected chi connectivity index (χ4v) is 5.14. The van der Waals surface area contributed by atoms with Gasteiger partial charge >= 0.3 is 0 Å². The van der Waals surface area contributed by atoms with E-state index >= 15 is 0 Å². The molecule has 3 aliphatic rings. The highest BCUT2D eigenvalue weighted by molar-refractivity contribution is 6.08. The Bertz CT molecular complexity index is 672. The predicted octanol–water partition coefficient (Wildman–Crippen LogP) is 4.02. The van der Waals surface area contributed by atoms with Crippen molar-refractivity contribution in [3.8, 4) is 0 Å². The summed E-state index contributed by atoms with van der Waals surface area (Å²) in [6, 6.07) is 7.50. The first kappa shape index (κ1) is 16.8. The third kappa shape index (κ3) is 3.15. The van der Waals surface area contributed by atoms with Crippen molar-refractivity contribution in [2.45, 2.75) is 62.8 Å². The van der Waals surface area contributed by atoms with Gasteiger partial charge in [-0.25, -0.2) is 0 Å². The molecule has 1 spiro atoms. The van der Waals surface area contributed by atoms with E-state index in [9.17, 15) is 0 Å². The fourth-order valence-electron chi connectivity index (χ4n) is 5.14. The van der Waals surface area contributed by atoms with E-state index in [1.54, 1.807) is 5.56 Å². The highest BCUT2D eigenvalue weighted by atomic mass is 15.0. The number of hydrogen-bond donors (Lipinski definition) is 3. The van der Waals surface area contributed by atoms with Crippen LogP contribution in [0, 0.1) is 11.3 Å². The van der Waals surface area contributed by atoms with Crippen molar-refractivity contribution in [2.24, 2.45) is 5.92 Å². The van der Waals surface area contributed by atoms with Crippen LogP contribution in [-0.2, 0) is 11.8 Å². The number of rotatable bonds is 6. The zero-order valence-corrected chi connectivity index (χ0v) is 15.4. The molecule has 134 valence electrons. The van der Waals surface area contributed by atoms with E-state index in [4.69, 9.17) is 5.41 Å². The quantitative estimate of drug-likeness (QED) is 0.687. The van der Waals surface area contributed by atoms with Crippen LogP contribution < -0.4 is 10.6 Å². The van der Waals surface area contributed by atoms with E-state index in [2.05, 4.69) is 28.8 Å². The summed E-state index contributed by atoms with van der Waals surface area (Å²) in [6.07, 6.45) is 14.3. The second kappa shape index (κ2) is 6.95. The first-order valence-electron chi connectivity index (χ1n) is 10.0. The van der Waals surface area contributed by atoms with Gasteiger partial charge in [0.05, 0.1) is 0 Å².